The summed E-state index contributed by atoms with van der Waals surface area (Å²) >= 11 is 0. The molecule has 0 bridgehead atoms. The second kappa shape index (κ2) is 10.8. The SMILES string of the molecule is O=C(CC/C=C/c1nnc(NCc2ccccc2)c2ncccc12)OCc1ccccc1. The molecule has 0 saturated heterocycles. The van der Waals surface area contributed by atoms with Crippen molar-refractivity contribution in [3.63, 3.8) is 0 Å². The summed E-state index contributed by atoms with van der Waals surface area (Å²) in [4.78, 5) is 16.5. The van der Waals surface area contributed by atoms with Gasteiger partial charge in [0.2, 0.25) is 0 Å². The molecule has 0 radical (unpaired) electrons. The highest BCUT2D eigenvalue weighted by Crippen LogP contribution is 2.22. The highest BCUT2D eigenvalue weighted by molar-refractivity contribution is 5.92. The first-order chi connectivity index (χ1) is 15.8. The molecule has 0 amide bonds. The number of rotatable bonds is 9. The lowest BCUT2D eigenvalue weighted by atomic mass is 10.1. The van der Waals surface area contributed by atoms with Crippen molar-refractivity contribution in [1.82, 2.24) is 15.2 Å². The van der Waals surface area contributed by atoms with Crippen molar-refractivity contribution in [3.05, 3.63) is 102 Å². The van der Waals surface area contributed by atoms with Crippen LogP contribution in [-0.4, -0.2) is 21.2 Å². The van der Waals surface area contributed by atoms with Crippen LogP contribution in [0.3, 0.4) is 0 Å². The van der Waals surface area contributed by atoms with E-state index in [-0.39, 0.29) is 5.97 Å². The van der Waals surface area contributed by atoms with E-state index in [2.05, 4.69) is 32.6 Å². The molecule has 2 aromatic heterocycles. The van der Waals surface area contributed by atoms with Crippen LogP contribution in [0.25, 0.3) is 17.0 Å². The number of nitrogens with zero attached hydrogens (tertiary/aromatic N) is 3. The molecule has 32 heavy (non-hydrogen) atoms. The topological polar surface area (TPSA) is 77.0 Å². The molecule has 0 aliphatic carbocycles. The van der Waals surface area contributed by atoms with Crippen LogP contribution in [0.2, 0.25) is 0 Å². The van der Waals surface area contributed by atoms with Crippen LogP contribution in [0.5, 0.6) is 0 Å². The zero-order valence-electron chi connectivity index (χ0n) is 17.6. The van der Waals surface area contributed by atoms with E-state index in [4.69, 9.17) is 4.74 Å². The Kier molecular flexibility index (Phi) is 7.16. The Hall–Kier alpha value is -4.06. The number of anilines is 1. The number of aromatic nitrogens is 3. The van der Waals surface area contributed by atoms with E-state index in [0.717, 1.165) is 27.7 Å². The predicted octanol–water partition coefficient (Wildman–Crippen LogP) is 5.17. The Labute approximate surface area is 187 Å². The molecule has 6 heteroatoms. The fourth-order valence-corrected chi connectivity index (χ4v) is 3.24. The summed E-state index contributed by atoms with van der Waals surface area (Å²) < 4.78 is 5.31. The first-order valence-corrected chi connectivity index (χ1v) is 10.5. The van der Waals surface area contributed by atoms with Gasteiger partial charge in [-0.2, -0.15) is 0 Å². The highest BCUT2D eigenvalue weighted by atomic mass is 16.5. The molecule has 4 aromatic rings. The third-order valence-corrected chi connectivity index (χ3v) is 4.90. The maximum atomic E-state index is 12.0. The van der Waals surface area contributed by atoms with Crippen LogP contribution in [0.4, 0.5) is 5.82 Å². The lowest BCUT2D eigenvalue weighted by Crippen LogP contribution is -2.05. The first-order valence-electron chi connectivity index (χ1n) is 10.5. The third-order valence-electron chi connectivity index (χ3n) is 4.90. The van der Waals surface area contributed by atoms with Crippen molar-refractivity contribution in [2.24, 2.45) is 0 Å². The number of benzene rings is 2. The van der Waals surface area contributed by atoms with E-state index in [1.807, 2.05) is 72.8 Å². The van der Waals surface area contributed by atoms with Gasteiger partial charge in [0.25, 0.3) is 0 Å². The highest BCUT2D eigenvalue weighted by Gasteiger charge is 2.09. The number of hydrogen-bond donors (Lipinski definition) is 1. The number of nitrogens with one attached hydrogen (secondary N) is 1. The van der Waals surface area contributed by atoms with Gasteiger partial charge in [0.15, 0.2) is 5.82 Å². The van der Waals surface area contributed by atoms with E-state index < -0.39 is 0 Å². The zero-order valence-corrected chi connectivity index (χ0v) is 17.6. The third kappa shape index (κ3) is 5.76. The fraction of sp³-hybridized carbons (Fsp3) is 0.154. The number of pyridine rings is 1. The molecule has 0 aliphatic heterocycles. The first kappa shape index (κ1) is 21.2. The van der Waals surface area contributed by atoms with E-state index in [1.165, 1.54) is 0 Å². The standard InChI is InChI=1S/C26H24N4O2/c31-24(32-19-21-12-5-2-6-13-21)16-8-7-15-23-22-14-9-17-27-25(22)26(30-29-23)28-18-20-10-3-1-4-11-20/h1-7,9-15,17H,8,16,18-19H2,(H,28,30)/b15-7+. The fourth-order valence-electron chi connectivity index (χ4n) is 3.24. The molecule has 160 valence electrons. The smallest absolute Gasteiger partial charge is 0.306 e. The molecular formula is C26H24N4O2. The van der Waals surface area contributed by atoms with Gasteiger partial charge in [-0.25, -0.2) is 0 Å². The zero-order chi connectivity index (χ0) is 22.0. The Bertz CT molecular complexity index is 1190. The van der Waals surface area contributed by atoms with Gasteiger partial charge in [0.1, 0.15) is 12.1 Å². The Morgan fingerprint density at radius 1 is 0.906 bits per heavy atom. The normalized spacial score (nSPS) is 11.0. The summed E-state index contributed by atoms with van der Waals surface area (Å²) in [6.07, 6.45) is 6.41. The maximum Gasteiger partial charge on any atom is 0.306 e. The van der Waals surface area contributed by atoms with Crippen LogP contribution < -0.4 is 5.32 Å². The quantitative estimate of drug-likeness (QED) is 0.373. The lowest BCUT2D eigenvalue weighted by molar-refractivity contribution is -0.144. The number of allylic oxidation sites excluding steroid dienone is 1. The van der Waals surface area contributed by atoms with Gasteiger partial charge < -0.3 is 10.1 Å². The van der Waals surface area contributed by atoms with Crippen molar-refractivity contribution in [1.29, 1.82) is 0 Å². The van der Waals surface area contributed by atoms with E-state index >= 15 is 0 Å². The Balaban J connectivity index is 1.35. The lowest BCUT2D eigenvalue weighted by Gasteiger charge is -2.09. The minimum Gasteiger partial charge on any atom is -0.461 e. The van der Waals surface area contributed by atoms with Gasteiger partial charge in [-0.1, -0.05) is 66.7 Å². The maximum absolute atomic E-state index is 12.0. The van der Waals surface area contributed by atoms with Gasteiger partial charge in [0, 0.05) is 24.5 Å². The summed E-state index contributed by atoms with van der Waals surface area (Å²) in [6, 6.07) is 23.6. The Morgan fingerprint density at radius 3 is 2.44 bits per heavy atom. The monoisotopic (exact) mass is 424 g/mol. The molecule has 0 atom stereocenters. The van der Waals surface area contributed by atoms with Crippen LogP contribution in [0.15, 0.2) is 85.1 Å². The van der Waals surface area contributed by atoms with Crippen LogP contribution in [-0.2, 0) is 22.7 Å². The van der Waals surface area contributed by atoms with Crippen molar-refractivity contribution in [2.45, 2.75) is 26.0 Å². The molecule has 2 heterocycles. The van der Waals surface area contributed by atoms with Crippen LogP contribution in [0, 0.1) is 0 Å². The van der Waals surface area contributed by atoms with Crippen molar-refractivity contribution < 1.29 is 9.53 Å². The van der Waals surface area contributed by atoms with Gasteiger partial charge in [-0.05, 0) is 35.8 Å². The molecule has 0 fully saturated rings. The second-order valence-electron chi connectivity index (χ2n) is 7.26. The largest absolute Gasteiger partial charge is 0.461 e. The minimum atomic E-state index is -0.225. The Morgan fingerprint density at radius 2 is 1.66 bits per heavy atom. The number of esters is 1. The summed E-state index contributed by atoms with van der Waals surface area (Å²) in [6.45, 7) is 0.935. The summed E-state index contributed by atoms with van der Waals surface area (Å²) in [5.41, 5.74) is 3.62. The molecule has 0 spiro atoms. The molecule has 2 aromatic carbocycles. The van der Waals surface area contributed by atoms with Gasteiger partial charge in [-0.3, -0.25) is 9.78 Å². The number of hydrogen-bond acceptors (Lipinski definition) is 6. The van der Waals surface area contributed by atoms with Crippen LogP contribution in [0.1, 0.15) is 29.7 Å². The van der Waals surface area contributed by atoms with Gasteiger partial charge in [0.05, 0.1) is 5.69 Å². The average Bonchev–Trinajstić information content (AvgIpc) is 2.86. The molecular weight excluding hydrogens is 400 g/mol. The van der Waals surface area contributed by atoms with Crippen molar-refractivity contribution >= 4 is 28.8 Å². The second-order valence-corrected chi connectivity index (χ2v) is 7.26. The van der Waals surface area contributed by atoms with E-state index in [1.54, 1.807) is 6.20 Å². The summed E-state index contributed by atoms with van der Waals surface area (Å²) in [7, 11) is 0. The van der Waals surface area contributed by atoms with Gasteiger partial charge >= 0.3 is 5.97 Å². The predicted molar refractivity (Wildman–Crippen MR) is 126 cm³/mol. The molecule has 0 aliphatic rings. The van der Waals surface area contributed by atoms with Gasteiger partial charge in [-0.15, -0.1) is 10.2 Å². The summed E-state index contributed by atoms with van der Waals surface area (Å²) in [5, 5.41) is 12.9. The average molecular weight is 425 g/mol. The minimum absolute atomic E-state index is 0.225. The van der Waals surface area contributed by atoms with E-state index in [9.17, 15) is 4.79 Å². The number of carbonyl (C=O) groups excluding carboxylic acids is 1. The molecule has 0 unspecified atom stereocenters. The van der Waals surface area contributed by atoms with E-state index in [0.29, 0.717) is 31.8 Å². The molecule has 6 nitrogen and oxygen atoms in total. The van der Waals surface area contributed by atoms with Crippen LogP contribution >= 0.6 is 0 Å². The molecule has 4 rings (SSSR count). The molecule has 1 N–H and O–H groups in total. The number of carbonyl (C=O) groups is 1. The van der Waals surface area contributed by atoms with Crippen molar-refractivity contribution in [3.8, 4) is 0 Å². The summed E-state index contributed by atoms with van der Waals surface area (Å²) in [5.74, 6) is 0.419. The molecule has 0 saturated carbocycles. The van der Waals surface area contributed by atoms with Crippen molar-refractivity contribution in [2.75, 3.05) is 5.32 Å². The number of fused-ring (bicyclic) bond motifs is 1. The number of ether oxygens (including phenoxy) is 1.